The molecule has 0 radical (unpaired) electrons. The Kier molecular flexibility index (Phi) is 6.86. The summed E-state index contributed by atoms with van der Waals surface area (Å²) in [6.45, 7) is 0.672. The topological polar surface area (TPSA) is 123 Å². The van der Waals surface area contributed by atoms with Gasteiger partial charge in [0.15, 0.2) is 16.7 Å². The average molecular weight is 359 g/mol. The minimum Gasteiger partial charge on any atom is -0.493 e. The second kappa shape index (κ2) is 9.34. The summed E-state index contributed by atoms with van der Waals surface area (Å²) in [6.07, 6.45) is 1.34. The van der Waals surface area contributed by atoms with Gasteiger partial charge in [0, 0.05) is 0 Å². The molecule has 0 aliphatic rings. The van der Waals surface area contributed by atoms with Crippen LogP contribution in [0.25, 0.3) is 0 Å². The molecule has 2 aromatic rings. The number of nitriles is 1. The Morgan fingerprint density at radius 3 is 2.84 bits per heavy atom. The van der Waals surface area contributed by atoms with Gasteiger partial charge in [-0.15, -0.1) is 0 Å². The van der Waals surface area contributed by atoms with Gasteiger partial charge >= 0.3 is 0 Å². The van der Waals surface area contributed by atoms with Crippen LogP contribution in [0.5, 0.6) is 11.5 Å². The molecule has 25 heavy (non-hydrogen) atoms. The van der Waals surface area contributed by atoms with Gasteiger partial charge in [0.25, 0.3) is 0 Å². The quantitative estimate of drug-likeness (QED) is 0.410. The number of hydrogen-bond donors (Lipinski definition) is 2. The molecule has 0 saturated heterocycles. The van der Waals surface area contributed by atoms with Crippen LogP contribution in [-0.2, 0) is 4.79 Å². The molecule has 0 unspecified atom stereocenters. The number of methoxy groups -OCH3 is 1. The van der Waals surface area contributed by atoms with Crippen molar-refractivity contribution in [2.24, 2.45) is 0 Å². The van der Waals surface area contributed by atoms with Crippen LogP contribution in [0.2, 0.25) is 0 Å². The molecule has 2 rings (SSSR count). The van der Waals surface area contributed by atoms with Gasteiger partial charge in [0.05, 0.1) is 25.6 Å². The number of thioether (sulfide) groups is 1. The molecule has 0 fully saturated rings. The van der Waals surface area contributed by atoms with Crippen molar-refractivity contribution in [3.8, 4) is 17.6 Å². The number of benzene rings is 1. The lowest BCUT2D eigenvalue weighted by Crippen LogP contribution is -2.29. The Morgan fingerprint density at radius 2 is 2.16 bits per heavy atom. The lowest BCUT2D eigenvalue weighted by atomic mass is 10.3. The van der Waals surface area contributed by atoms with Crippen LogP contribution in [0.3, 0.4) is 0 Å². The van der Waals surface area contributed by atoms with Gasteiger partial charge in [-0.05, 0) is 12.1 Å². The van der Waals surface area contributed by atoms with Crippen molar-refractivity contribution in [1.82, 2.24) is 15.3 Å². The second-order valence-electron chi connectivity index (χ2n) is 4.70. The third kappa shape index (κ3) is 5.54. The average Bonchev–Trinajstić information content (AvgIpc) is 2.64. The van der Waals surface area contributed by atoms with Gasteiger partial charge in [0.1, 0.15) is 24.1 Å². The first-order valence-electron chi connectivity index (χ1n) is 7.32. The molecule has 1 amide bonds. The predicted octanol–water partition coefficient (Wildman–Crippen LogP) is 1.23. The number of nitrogen functional groups attached to an aromatic ring is 1. The molecule has 0 saturated carbocycles. The minimum absolute atomic E-state index is 0.102. The highest BCUT2D eigenvalue weighted by Crippen LogP contribution is 2.25. The molecule has 9 heteroatoms. The number of rotatable bonds is 8. The summed E-state index contributed by atoms with van der Waals surface area (Å²) in [6, 6.07) is 9.17. The third-order valence-electron chi connectivity index (χ3n) is 3.00. The number of carbonyl (C=O) groups excluding carboxylic acids is 1. The smallest absolute Gasteiger partial charge is 0.230 e. The molecule has 0 aliphatic carbocycles. The number of para-hydroxylation sites is 2. The highest BCUT2D eigenvalue weighted by atomic mass is 32.2. The number of amides is 1. The van der Waals surface area contributed by atoms with E-state index in [1.165, 1.54) is 6.20 Å². The summed E-state index contributed by atoms with van der Waals surface area (Å²) >= 11 is 1.14. The van der Waals surface area contributed by atoms with E-state index < -0.39 is 0 Å². The van der Waals surface area contributed by atoms with Crippen LogP contribution >= 0.6 is 11.8 Å². The fraction of sp³-hybridized carbons (Fsp3) is 0.250. The number of nitrogens with two attached hydrogens (primary N) is 1. The molecular formula is C16H17N5O3S. The Bertz CT molecular complexity index is 779. The summed E-state index contributed by atoms with van der Waals surface area (Å²) < 4.78 is 10.7. The molecule has 1 aromatic heterocycles. The molecule has 0 bridgehead atoms. The Labute approximate surface area is 149 Å². The van der Waals surface area contributed by atoms with Gasteiger partial charge < -0.3 is 20.5 Å². The predicted molar refractivity (Wildman–Crippen MR) is 93.4 cm³/mol. The monoisotopic (exact) mass is 359 g/mol. The van der Waals surface area contributed by atoms with Crippen molar-refractivity contribution in [3.05, 3.63) is 36.0 Å². The van der Waals surface area contributed by atoms with Crippen LogP contribution in [0, 0.1) is 11.3 Å². The number of nitrogens with one attached hydrogen (secondary N) is 1. The highest BCUT2D eigenvalue weighted by Gasteiger charge is 2.08. The fourth-order valence-corrected chi connectivity index (χ4v) is 2.46. The summed E-state index contributed by atoms with van der Waals surface area (Å²) in [5.74, 6) is 1.32. The second-order valence-corrected chi connectivity index (χ2v) is 5.64. The van der Waals surface area contributed by atoms with E-state index in [1.54, 1.807) is 19.2 Å². The summed E-state index contributed by atoms with van der Waals surface area (Å²) in [5, 5.41) is 11.8. The Balaban J connectivity index is 1.71. The minimum atomic E-state index is -0.180. The van der Waals surface area contributed by atoms with Gasteiger partial charge in [-0.3, -0.25) is 4.79 Å². The summed E-state index contributed by atoms with van der Waals surface area (Å²) in [5.41, 5.74) is 5.81. The number of ether oxygens (including phenoxy) is 2. The summed E-state index contributed by atoms with van der Waals surface area (Å²) in [7, 11) is 1.57. The molecule has 1 heterocycles. The van der Waals surface area contributed by atoms with E-state index in [1.807, 2.05) is 18.2 Å². The van der Waals surface area contributed by atoms with Gasteiger partial charge in [-0.2, -0.15) is 5.26 Å². The van der Waals surface area contributed by atoms with Gasteiger partial charge in [0.2, 0.25) is 5.91 Å². The van der Waals surface area contributed by atoms with Crippen molar-refractivity contribution in [1.29, 1.82) is 5.26 Å². The molecular weight excluding hydrogens is 342 g/mol. The lowest BCUT2D eigenvalue weighted by molar-refractivity contribution is -0.118. The largest absolute Gasteiger partial charge is 0.493 e. The molecule has 1 aromatic carbocycles. The van der Waals surface area contributed by atoms with Crippen LogP contribution in [0.4, 0.5) is 5.82 Å². The van der Waals surface area contributed by atoms with Gasteiger partial charge in [-0.1, -0.05) is 23.9 Å². The number of hydrogen-bond acceptors (Lipinski definition) is 8. The third-order valence-corrected chi connectivity index (χ3v) is 3.86. The van der Waals surface area contributed by atoms with Crippen LogP contribution in [0.15, 0.2) is 35.6 Å². The van der Waals surface area contributed by atoms with Crippen molar-refractivity contribution >= 4 is 23.5 Å². The number of nitrogens with zero attached hydrogens (tertiary/aromatic N) is 3. The maximum absolute atomic E-state index is 11.8. The molecule has 8 nitrogen and oxygen atoms in total. The van der Waals surface area contributed by atoms with E-state index in [9.17, 15) is 4.79 Å². The van der Waals surface area contributed by atoms with E-state index in [-0.39, 0.29) is 23.0 Å². The van der Waals surface area contributed by atoms with Crippen molar-refractivity contribution < 1.29 is 14.3 Å². The van der Waals surface area contributed by atoms with E-state index in [0.29, 0.717) is 29.8 Å². The zero-order valence-electron chi connectivity index (χ0n) is 13.6. The Morgan fingerprint density at radius 1 is 1.40 bits per heavy atom. The first-order valence-corrected chi connectivity index (χ1v) is 8.30. The molecule has 0 atom stereocenters. The van der Waals surface area contributed by atoms with E-state index in [0.717, 1.165) is 11.8 Å². The SMILES string of the molecule is COc1ccccc1OCCNC(=O)CSc1ncc(C#N)c(N)n1. The normalized spacial score (nSPS) is 9.92. The van der Waals surface area contributed by atoms with E-state index in [2.05, 4.69) is 15.3 Å². The first kappa shape index (κ1) is 18.4. The zero-order valence-corrected chi connectivity index (χ0v) is 14.4. The molecule has 130 valence electrons. The van der Waals surface area contributed by atoms with Crippen LogP contribution < -0.4 is 20.5 Å². The maximum Gasteiger partial charge on any atom is 0.230 e. The highest BCUT2D eigenvalue weighted by molar-refractivity contribution is 7.99. The standard InChI is InChI=1S/C16H17N5O3S/c1-23-12-4-2-3-5-13(12)24-7-6-19-14(22)10-25-16-20-9-11(8-17)15(18)21-16/h2-5,9H,6-7,10H2,1H3,(H,19,22)(H2,18,20,21). The van der Waals surface area contributed by atoms with Crippen molar-refractivity contribution in [2.45, 2.75) is 5.16 Å². The van der Waals surface area contributed by atoms with Crippen molar-refractivity contribution in [2.75, 3.05) is 31.7 Å². The fourth-order valence-electron chi connectivity index (χ4n) is 1.80. The van der Waals surface area contributed by atoms with Crippen LogP contribution in [-0.4, -0.2) is 41.9 Å². The molecule has 0 spiro atoms. The van der Waals surface area contributed by atoms with Crippen molar-refractivity contribution in [3.63, 3.8) is 0 Å². The number of anilines is 1. The summed E-state index contributed by atoms with van der Waals surface area (Å²) in [4.78, 5) is 19.7. The first-order chi connectivity index (χ1) is 12.1. The molecule has 3 N–H and O–H groups in total. The van der Waals surface area contributed by atoms with E-state index >= 15 is 0 Å². The number of carbonyl (C=O) groups is 1. The maximum atomic E-state index is 11.8. The number of aromatic nitrogens is 2. The zero-order chi connectivity index (χ0) is 18.1. The molecule has 0 aliphatic heterocycles. The van der Waals surface area contributed by atoms with E-state index in [4.69, 9.17) is 20.5 Å². The van der Waals surface area contributed by atoms with Crippen LogP contribution in [0.1, 0.15) is 5.56 Å². The Hall–Kier alpha value is -2.99. The van der Waals surface area contributed by atoms with Gasteiger partial charge in [-0.25, -0.2) is 9.97 Å². The lowest BCUT2D eigenvalue weighted by Gasteiger charge is -2.10.